The van der Waals surface area contributed by atoms with Crippen molar-refractivity contribution >= 4 is 5.78 Å². The molecule has 1 nitrogen and oxygen atoms in total. The third-order valence-electron chi connectivity index (χ3n) is 7.70. The van der Waals surface area contributed by atoms with Crippen LogP contribution < -0.4 is 0 Å². The number of ketones is 1. The van der Waals surface area contributed by atoms with Crippen LogP contribution in [0.4, 0.5) is 0 Å². The molecule has 4 rings (SSSR count). The van der Waals surface area contributed by atoms with Crippen molar-refractivity contribution in [2.45, 2.75) is 58.8 Å². The Bertz CT molecular complexity index is 631. The van der Waals surface area contributed by atoms with Gasteiger partial charge in [-0.15, -0.1) is 6.42 Å². The summed E-state index contributed by atoms with van der Waals surface area (Å²) >= 11 is 0. The lowest BCUT2D eigenvalue weighted by Crippen LogP contribution is -2.50. The van der Waals surface area contributed by atoms with Crippen LogP contribution in [0.5, 0.6) is 0 Å². The van der Waals surface area contributed by atoms with E-state index in [4.69, 9.17) is 6.42 Å². The standard InChI is InChI=1S/C21H26O/c1-4-14-6-8-18-17-7-5-15-13-16(22)9-11-21(15,3)19(17)10-12-20(14,18)2/h1,6,13,17-19H,5,7-12H2,2-3H3. The lowest BCUT2D eigenvalue weighted by molar-refractivity contribution is -0.117. The van der Waals surface area contributed by atoms with Crippen LogP contribution in [0.2, 0.25) is 0 Å². The highest BCUT2D eigenvalue weighted by Gasteiger charge is 2.56. The maximum absolute atomic E-state index is 11.8. The minimum Gasteiger partial charge on any atom is -0.295 e. The predicted molar refractivity (Wildman–Crippen MR) is 89.0 cm³/mol. The fourth-order valence-corrected chi connectivity index (χ4v) is 6.35. The van der Waals surface area contributed by atoms with E-state index in [1.54, 1.807) is 0 Å². The average molecular weight is 294 g/mol. The molecular weight excluding hydrogens is 268 g/mol. The molecule has 0 spiro atoms. The van der Waals surface area contributed by atoms with Crippen LogP contribution >= 0.6 is 0 Å². The van der Waals surface area contributed by atoms with Crippen LogP contribution in [-0.4, -0.2) is 5.78 Å². The number of hydrogen-bond donors (Lipinski definition) is 0. The first-order chi connectivity index (χ1) is 10.5. The first-order valence-corrected chi connectivity index (χ1v) is 8.90. The van der Waals surface area contributed by atoms with Crippen molar-refractivity contribution in [1.82, 2.24) is 0 Å². The van der Waals surface area contributed by atoms with Gasteiger partial charge in [0.05, 0.1) is 0 Å². The first kappa shape index (κ1) is 14.3. The molecule has 4 aliphatic carbocycles. The summed E-state index contributed by atoms with van der Waals surface area (Å²) in [7, 11) is 0. The molecular formula is C21H26O. The molecule has 2 saturated carbocycles. The number of terminal acetylenes is 1. The van der Waals surface area contributed by atoms with E-state index in [9.17, 15) is 4.79 Å². The Labute approximate surface area is 134 Å². The predicted octanol–water partition coefficient (Wildman–Crippen LogP) is 4.69. The molecule has 4 aliphatic rings. The Morgan fingerprint density at radius 2 is 1.95 bits per heavy atom. The molecule has 0 aliphatic heterocycles. The molecule has 0 aromatic carbocycles. The van der Waals surface area contributed by atoms with Crippen LogP contribution in [0, 0.1) is 40.9 Å². The fourth-order valence-electron chi connectivity index (χ4n) is 6.35. The van der Waals surface area contributed by atoms with Gasteiger partial charge in [-0.25, -0.2) is 0 Å². The van der Waals surface area contributed by atoms with Gasteiger partial charge in [0, 0.05) is 17.4 Å². The van der Waals surface area contributed by atoms with E-state index in [0.29, 0.717) is 5.78 Å². The van der Waals surface area contributed by atoms with Gasteiger partial charge in [0.2, 0.25) is 0 Å². The zero-order chi connectivity index (χ0) is 15.5. The second kappa shape index (κ2) is 4.60. The number of allylic oxidation sites excluding steroid dienone is 4. The Morgan fingerprint density at radius 3 is 2.73 bits per heavy atom. The summed E-state index contributed by atoms with van der Waals surface area (Å²) in [5.74, 6) is 5.60. The molecule has 0 N–H and O–H groups in total. The van der Waals surface area contributed by atoms with E-state index in [0.717, 1.165) is 37.0 Å². The van der Waals surface area contributed by atoms with Gasteiger partial charge in [-0.1, -0.05) is 31.4 Å². The molecule has 5 unspecified atom stereocenters. The van der Waals surface area contributed by atoms with Gasteiger partial charge in [-0.2, -0.15) is 0 Å². The highest BCUT2D eigenvalue weighted by molar-refractivity contribution is 5.91. The third kappa shape index (κ3) is 1.70. The summed E-state index contributed by atoms with van der Waals surface area (Å²) in [6.07, 6.45) is 18.0. The summed E-state index contributed by atoms with van der Waals surface area (Å²) in [4.78, 5) is 11.8. The van der Waals surface area contributed by atoms with Gasteiger partial charge in [0.15, 0.2) is 5.78 Å². The molecule has 0 radical (unpaired) electrons. The van der Waals surface area contributed by atoms with Gasteiger partial charge in [-0.3, -0.25) is 4.79 Å². The topological polar surface area (TPSA) is 17.1 Å². The van der Waals surface area contributed by atoms with E-state index in [-0.39, 0.29) is 10.8 Å². The van der Waals surface area contributed by atoms with Gasteiger partial charge in [-0.05, 0) is 67.8 Å². The molecule has 1 heteroatoms. The van der Waals surface area contributed by atoms with Crippen molar-refractivity contribution in [1.29, 1.82) is 0 Å². The van der Waals surface area contributed by atoms with Crippen molar-refractivity contribution in [2.24, 2.45) is 28.6 Å². The van der Waals surface area contributed by atoms with Crippen LogP contribution in [0.1, 0.15) is 58.8 Å². The molecule has 116 valence electrons. The van der Waals surface area contributed by atoms with Crippen molar-refractivity contribution in [2.75, 3.05) is 0 Å². The Morgan fingerprint density at radius 1 is 1.14 bits per heavy atom. The summed E-state index contributed by atoms with van der Waals surface area (Å²) in [5, 5.41) is 0. The van der Waals surface area contributed by atoms with Crippen LogP contribution in [-0.2, 0) is 4.79 Å². The van der Waals surface area contributed by atoms with Gasteiger partial charge in [0.1, 0.15) is 0 Å². The van der Waals surface area contributed by atoms with Crippen LogP contribution in [0.3, 0.4) is 0 Å². The van der Waals surface area contributed by atoms with Crippen molar-refractivity contribution in [3.8, 4) is 12.3 Å². The molecule has 2 fully saturated rings. The highest BCUT2D eigenvalue weighted by atomic mass is 16.1. The highest BCUT2D eigenvalue weighted by Crippen LogP contribution is 2.65. The van der Waals surface area contributed by atoms with E-state index in [1.807, 2.05) is 6.08 Å². The summed E-state index contributed by atoms with van der Waals surface area (Å²) < 4.78 is 0. The third-order valence-corrected chi connectivity index (χ3v) is 7.70. The summed E-state index contributed by atoms with van der Waals surface area (Å²) in [6, 6.07) is 0. The molecule has 5 atom stereocenters. The second-order valence-electron chi connectivity index (χ2n) is 8.42. The molecule has 0 aromatic heterocycles. The average Bonchev–Trinajstić information content (AvgIpc) is 2.84. The van der Waals surface area contributed by atoms with Crippen LogP contribution in [0.15, 0.2) is 23.3 Å². The Balaban J connectivity index is 1.69. The van der Waals surface area contributed by atoms with E-state index < -0.39 is 0 Å². The quantitative estimate of drug-likeness (QED) is 0.592. The number of fused-ring (bicyclic) bond motifs is 5. The zero-order valence-electron chi connectivity index (χ0n) is 13.8. The monoisotopic (exact) mass is 294 g/mol. The van der Waals surface area contributed by atoms with Gasteiger partial charge in [0.25, 0.3) is 0 Å². The zero-order valence-corrected chi connectivity index (χ0v) is 13.8. The first-order valence-electron chi connectivity index (χ1n) is 8.90. The number of carbonyl (C=O) groups is 1. The van der Waals surface area contributed by atoms with Crippen molar-refractivity contribution in [3.63, 3.8) is 0 Å². The maximum Gasteiger partial charge on any atom is 0.155 e. The van der Waals surface area contributed by atoms with Crippen LogP contribution in [0.25, 0.3) is 0 Å². The Kier molecular flexibility index (Phi) is 3.00. The Hall–Kier alpha value is -1.29. The fraction of sp³-hybridized carbons (Fsp3) is 0.667. The largest absolute Gasteiger partial charge is 0.295 e. The lowest BCUT2D eigenvalue weighted by atomic mass is 9.47. The minimum absolute atomic E-state index is 0.248. The summed E-state index contributed by atoms with van der Waals surface area (Å²) in [6.45, 7) is 4.85. The van der Waals surface area contributed by atoms with E-state index in [1.165, 1.54) is 36.8 Å². The second-order valence-corrected chi connectivity index (χ2v) is 8.42. The molecule has 22 heavy (non-hydrogen) atoms. The molecule has 0 heterocycles. The summed E-state index contributed by atoms with van der Waals surface area (Å²) in [5.41, 5.74) is 3.24. The number of hydrogen-bond acceptors (Lipinski definition) is 1. The molecule has 0 aromatic rings. The number of carbonyl (C=O) groups excluding carboxylic acids is 1. The number of rotatable bonds is 0. The van der Waals surface area contributed by atoms with E-state index in [2.05, 4.69) is 25.8 Å². The maximum atomic E-state index is 11.8. The lowest BCUT2D eigenvalue weighted by Gasteiger charge is -2.57. The normalized spacial score (nSPS) is 46.8. The molecule has 0 bridgehead atoms. The molecule has 0 saturated heterocycles. The van der Waals surface area contributed by atoms with E-state index >= 15 is 0 Å². The van der Waals surface area contributed by atoms with Gasteiger partial charge < -0.3 is 0 Å². The minimum atomic E-state index is 0.248. The van der Waals surface area contributed by atoms with Gasteiger partial charge >= 0.3 is 0 Å². The van der Waals surface area contributed by atoms with Crippen molar-refractivity contribution in [3.05, 3.63) is 23.3 Å². The smallest absolute Gasteiger partial charge is 0.155 e. The van der Waals surface area contributed by atoms with Crippen molar-refractivity contribution < 1.29 is 4.79 Å². The SMILES string of the molecule is C#CC1=CCC2C3CCC4=CC(=O)CCC4(C)C3CCC12C. The molecule has 0 amide bonds.